The van der Waals surface area contributed by atoms with Crippen LogP contribution < -0.4 is 0 Å². The summed E-state index contributed by atoms with van der Waals surface area (Å²) in [5, 5.41) is 19.2. The van der Waals surface area contributed by atoms with Crippen LogP contribution in [0.1, 0.15) is 21.7 Å². The molecule has 4 nitrogen and oxygen atoms in total. The van der Waals surface area contributed by atoms with E-state index < -0.39 is 5.78 Å². The second-order valence-electron chi connectivity index (χ2n) is 3.79. The summed E-state index contributed by atoms with van der Waals surface area (Å²) in [6, 6.07) is 7.45. The minimum absolute atomic E-state index is 0.0965. The Hall–Kier alpha value is -1.43. The molecule has 0 radical (unpaired) electrons. The molecule has 2 rings (SSSR count). The minimum Gasteiger partial charge on any atom is -0.506 e. The topological polar surface area (TPSA) is 70.4 Å². The van der Waals surface area contributed by atoms with Gasteiger partial charge in [0.25, 0.3) is 0 Å². The van der Waals surface area contributed by atoms with Crippen LogP contribution in [0.15, 0.2) is 34.8 Å². The smallest absolute Gasteiger partial charge is 0.215 e. The van der Waals surface area contributed by atoms with Crippen molar-refractivity contribution in [3.8, 4) is 5.75 Å². The van der Waals surface area contributed by atoms with Crippen LogP contribution in [0.5, 0.6) is 5.75 Å². The normalized spacial score (nSPS) is 10.5. The molecule has 0 aliphatic carbocycles. The molecule has 0 atom stereocenters. The van der Waals surface area contributed by atoms with Crippen molar-refractivity contribution in [1.29, 1.82) is 0 Å². The molecule has 1 aromatic carbocycles. The number of pyridine rings is 1. The first-order valence-corrected chi connectivity index (χ1v) is 6.49. The number of aliphatic hydroxyl groups excluding tert-OH is 1. The van der Waals surface area contributed by atoms with E-state index in [1.54, 1.807) is 18.2 Å². The van der Waals surface area contributed by atoms with E-state index in [2.05, 4.69) is 20.9 Å². The maximum atomic E-state index is 12.2. The Morgan fingerprint density at radius 1 is 1.32 bits per heavy atom. The second-order valence-corrected chi connectivity index (χ2v) is 5.05. The number of aromatic hydroxyl groups is 1. The number of hydrogen-bond acceptors (Lipinski definition) is 4. The number of halogens is 2. The first kappa shape index (κ1) is 14.0. The Labute approximate surface area is 122 Å². The van der Waals surface area contributed by atoms with Crippen LogP contribution in [-0.4, -0.2) is 21.0 Å². The first-order chi connectivity index (χ1) is 9.02. The average molecular weight is 343 g/mol. The van der Waals surface area contributed by atoms with Crippen molar-refractivity contribution in [3.63, 3.8) is 0 Å². The largest absolute Gasteiger partial charge is 0.506 e. The van der Waals surface area contributed by atoms with Gasteiger partial charge in [-0.25, -0.2) is 4.98 Å². The van der Waals surface area contributed by atoms with Crippen molar-refractivity contribution >= 4 is 33.3 Å². The highest BCUT2D eigenvalue weighted by molar-refractivity contribution is 9.10. The summed E-state index contributed by atoms with van der Waals surface area (Å²) >= 11 is 9.08. The lowest BCUT2D eigenvalue weighted by Gasteiger charge is -2.06. The molecule has 19 heavy (non-hydrogen) atoms. The SMILES string of the molecule is O=C(c1ccc(Cl)c(Br)c1)c1nc(CO)ccc1O. The van der Waals surface area contributed by atoms with Crippen LogP contribution in [0.25, 0.3) is 0 Å². The number of carbonyl (C=O) groups is 1. The van der Waals surface area contributed by atoms with Gasteiger partial charge in [0.2, 0.25) is 5.78 Å². The molecular weight excluding hydrogens is 334 g/mol. The fourth-order valence-electron chi connectivity index (χ4n) is 1.52. The summed E-state index contributed by atoms with van der Waals surface area (Å²) in [6.07, 6.45) is 0. The number of nitrogens with zero attached hydrogens (tertiary/aromatic N) is 1. The van der Waals surface area contributed by atoms with E-state index in [0.29, 0.717) is 20.8 Å². The standard InChI is InChI=1S/C13H9BrClNO3/c14-9-5-7(1-3-10(9)15)13(19)12-11(18)4-2-8(6-17)16-12/h1-5,17-18H,6H2. The quantitative estimate of drug-likeness (QED) is 0.841. The lowest BCUT2D eigenvalue weighted by Crippen LogP contribution is -2.06. The highest BCUT2D eigenvalue weighted by Gasteiger charge is 2.17. The molecule has 2 aromatic rings. The molecule has 0 amide bonds. The minimum atomic E-state index is -0.440. The zero-order chi connectivity index (χ0) is 14.0. The fourth-order valence-corrected chi connectivity index (χ4v) is 2.02. The monoisotopic (exact) mass is 341 g/mol. The molecule has 0 saturated heterocycles. The molecule has 0 aliphatic heterocycles. The van der Waals surface area contributed by atoms with Crippen molar-refractivity contribution in [1.82, 2.24) is 4.98 Å². The Kier molecular flexibility index (Phi) is 4.19. The number of rotatable bonds is 3. The molecule has 0 spiro atoms. The second kappa shape index (κ2) is 5.69. The van der Waals surface area contributed by atoms with Crippen LogP contribution in [0.2, 0.25) is 5.02 Å². The molecule has 1 heterocycles. The van der Waals surface area contributed by atoms with Gasteiger partial charge in [-0.2, -0.15) is 0 Å². The van der Waals surface area contributed by atoms with Crippen LogP contribution in [0, 0.1) is 0 Å². The van der Waals surface area contributed by atoms with E-state index in [4.69, 9.17) is 16.7 Å². The van der Waals surface area contributed by atoms with Crippen molar-refractivity contribution < 1.29 is 15.0 Å². The molecule has 0 unspecified atom stereocenters. The molecule has 1 aromatic heterocycles. The van der Waals surface area contributed by atoms with E-state index in [9.17, 15) is 9.90 Å². The van der Waals surface area contributed by atoms with Crippen molar-refractivity contribution in [2.24, 2.45) is 0 Å². The van der Waals surface area contributed by atoms with Crippen LogP contribution >= 0.6 is 27.5 Å². The van der Waals surface area contributed by atoms with Crippen molar-refractivity contribution in [2.45, 2.75) is 6.61 Å². The predicted molar refractivity (Wildman–Crippen MR) is 74.4 cm³/mol. The van der Waals surface area contributed by atoms with Crippen LogP contribution in [0.4, 0.5) is 0 Å². The molecule has 6 heteroatoms. The van der Waals surface area contributed by atoms with Gasteiger partial charge < -0.3 is 10.2 Å². The maximum absolute atomic E-state index is 12.2. The third-order valence-corrected chi connectivity index (χ3v) is 3.70. The summed E-state index contributed by atoms with van der Waals surface area (Å²) < 4.78 is 0.581. The summed E-state index contributed by atoms with van der Waals surface area (Å²) in [5.41, 5.74) is 0.559. The van der Waals surface area contributed by atoms with Gasteiger partial charge in [-0.3, -0.25) is 4.79 Å². The van der Waals surface area contributed by atoms with E-state index >= 15 is 0 Å². The molecule has 2 N–H and O–H groups in total. The van der Waals surface area contributed by atoms with Gasteiger partial charge in [-0.15, -0.1) is 0 Å². The van der Waals surface area contributed by atoms with Gasteiger partial charge >= 0.3 is 0 Å². The Morgan fingerprint density at radius 2 is 2.05 bits per heavy atom. The summed E-state index contributed by atoms with van der Waals surface area (Å²) in [4.78, 5) is 16.2. The van der Waals surface area contributed by atoms with E-state index in [1.165, 1.54) is 12.1 Å². The van der Waals surface area contributed by atoms with Gasteiger partial charge in [-0.05, 0) is 46.3 Å². The fraction of sp³-hybridized carbons (Fsp3) is 0.0769. The number of aromatic nitrogens is 1. The first-order valence-electron chi connectivity index (χ1n) is 5.32. The molecule has 0 aliphatic rings. The number of aliphatic hydroxyl groups is 1. The number of benzene rings is 1. The summed E-state index contributed by atoms with van der Waals surface area (Å²) in [6.45, 7) is -0.301. The van der Waals surface area contributed by atoms with Crippen LogP contribution in [0.3, 0.4) is 0 Å². The number of ketones is 1. The Morgan fingerprint density at radius 3 is 2.68 bits per heavy atom. The lowest BCUT2D eigenvalue weighted by molar-refractivity contribution is 0.103. The highest BCUT2D eigenvalue weighted by atomic mass is 79.9. The molecule has 0 saturated carbocycles. The zero-order valence-corrected chi connectivity index (χ0v) is 11.9. The Bertz CT molecular complexity index is 646. The molecular formula is C13H9BrClNO3. The van der Waals surface area contributed by atoms with Gasteiger partial charge in [0.1, 0.15) is 5.75 Å². The summed E-state index contributed by atoms with van der Waals surface area (Å²) in [5.74, 6) is -0.668. The van der Waals surface area contributed by atoms with Gasteiger partial charge in [-0.1, -0.05) is 11.6 Å². The maximum Gasteiger partial charge on any atom is 0.215 e. The van der Waals surface area contributed by atoms with E-state index in [1.807, 2.05) is 0 Å². The van der Waals surface area contributed by atoms with Crippen molar-refractivity contribution in [3.05, 3.63) is 56.8 Å². The van der Waals surface area contributed by atoms with Gasteiger partial charge in [0.05, 0.1) is 17.3 Å². The predicted octanol–water partition coefficient (Wildman–Crippen LogP) is 2.93. The number of carbonyl (C=O) groups excluding carboxylic acids is 1. The zero-order valence-electron chi connectivity index (χ0n) is 9.60. The van der Waals surface area contributed by atoms with Gasteiger partial charge in [0.15, 0.2) is 5.69 Å². The lowest BCUT2D eigenvalue weighted by atomic mass is 10.1. The third kappa shape index (κ3) is 2.94. The molecule has 0 bridgehead atoms. The van der Waals surface area contributed by atoms with E-state index in [-0.39, 0.29) is 18.1 Å². The molecule has 0 fully saturated rings. The summed E-state index contributed by atoms with van der Waals surface area (Å²) in [7, 11) is 0. The van der Waals surface area contributed by atoms with Crippen LogP contribution in [-0.2, 0) is 6.61 Å². The van der Waals surface area contributed by atoms with Gasteiger partial charge in [0, 0.05) is 10.0 Å². The average Bonchev–Trinajstić information content (AvgIpc) is 2.41. The Balaban J connectivity index is 2.46. The number of hydrogen-bond donors (Lipinski definition) is 2. The van der Waals surface area contributed by atoms with Crippen molar-refractivity contribution in [2.75, 3.05) is 0 Å². The third-order valence-electron chi connectivity index (χ3n) is 2.49. The molecule has 98 valence electrons. The highest BCUT2D eigenvalue weighted by Crippen LogP contribution is 2.26. The van der Waals surface area contributed by atoms with E-state index in [0.717, 1.165) is 0 Å².